The first-order valence-electron chi connectivity index (χ1n) is 6.28. The van der Waals surface area contributed by atoms with Gasteiger partial charge in [-0.05, 0) is 27.7 Å². The van der Waals surface area contributed by atoms with E-state index in [9.17, 15) is 5.11 Å². The highest BCUT2D eigenvalue weighted by Crippen LogP contribution is 2.70. The molecule has 0 aliphatic carbocycles. The summed E-state index contributed by atoms with van der Waals surface area (Å²) < 4.78 is 5.97. The van der Waals surface area contributed by atoms with Crippen LogP contribution in [0.5, 0.6) is 0 Å². The Morgan fingerprint density at radius 2 is 1.78 bits per heavy atom. The first-order valence-corrected chi connectivity index (χ1v) is 8.20. The van der Waals surface area contributed by atoms with Crippen LogP contribution in [0, 0.1) is 11.3 Å². The summed E-state index contributed by atoms with van der Waals surface area (Å²) in [5.74, 6) is -0.582. The number of nitrogens with two attached hydrogens (primary N) is 1. The van der Waals surface area contributed by atoms with Crippen molar-refractivity contribution >= 4 is 7.49 Å². The van der Waals surface area contributed by atoms with E-state index >= 15 is 0 Å². The van der Waals surface area contributed by atoms with E-state index in [-0.39, 0.29) is 17.9 Å². The van der Waals surface area contributed by atoms with Gasteiger partial charge in [0.1, 0.15) is 12.7 Å². The Hall–Kier alpha value is -0.240. The minimum atomic E-state index is -2.12. The molecule has 4 N–H and O–H groups in total. The smallest absolute Gasteiger partial charge is 0.172 e. The van der Waals surface area contributed by atoms with Crippen LogP contribution in [0.2, 0.25) is 0 Å². The van der Waals surface area contributed by atoms with E-state index in [1.54, 1.807) is 0 Å². The second-order valence-electron chi connectivity index (χ2n) is 4.93. The van der Waals surface area contributed by atoms with E-state index in [2.05, 4.69) is 0 Å². The van der Waals surface area contributed by atoms with Gasteiger partial charge >= 0.3 is 0 Å². The standard InChI is InChI=1S/C12H26N2O3P/c1-9(2)18(10(3)4,17-7-5-6-13)12(14)11(16)8-15/h9-12,15-16H,5,7-8,14H2,1-4H3/q+1. The zero-order valence-corrected chi connectivity index (χ0v) is 12.6. The van der Waals surface area contributed by atoms with Gasteiger partial charge in [0, 0.05) is 0 Å². The quantitative estimate of drug-likeness (QED) is 0.459. The molecule has 0 rings (SSSR count). The third-order valence-electron chi connectivity index (χ3n) is 3.19. The molecule has 106 valence electrons. The van der Waals surface area contributed by atoms with Crippen molar-refractivity contribution in [2.45, 2.75) is 57.3 Å². The van der Waals surface area contributed by atoms with Gasteiger partial charge in [0.15, 0.2) is 13.3 Å². The molecule has 6 heteroatoms. The topological polar surface area (TPSA) is 99.5 Å². The van der Waals surface area contributed by atoms with E-state index in [0.29, 0.717) is 13.0 Å². The Balaban J connectivity index is 5.16. The largest absolute Gasteiger partial charge is 0.393 e. The first-order chi connectivity index (χ1) is 8.34. The predicted octanol–water partition coefficient (Wildman–Crippen LogP) is 1.30. The van der Waals surface area contributed by atoms with Crippen molar-refractivity contribution in [3.8, 4) is 6.07 Å². The molecule has 0 amide bonds. The molecule has 0 aromatic heterocycles. The summed E-state index contributed by atoms with van der Waals surface area (Å²) in [4.78, 5) is 0. The Morgan fingerprint density at radius 3 is 2.11 bits per heavy atom. The lowest BCUT2D eigenvalue weighted by molar-refractivity contribution is 0.0883. The van der Waals surface area contributed by atoms with E-state index in [1.165, 1.54) is 0 Å². The molecular weight excluding hydrogens is 251 g/mol. The van der Waals surface area contributed by atoms with Crippen LogP contribution in [0.25, 0.3) is 0 Å². The lowest BCUT2D eigenvalue weighted by atomic mass is 10.4. The molecule has 2 unspecified atom stereocenters. The maximum atomic E-state index is 9.82. The number of hydrogen-bond donors (Lipinski definition) is 3. The number of aliphatic hydroxyl groups excluding tert-OH is 2. The number of hydrogen-bond acceptors (Lipinski definition) is 5. The molecule has 0 radical (unpaired) electrons. The molecule has 18 heavy (non-hydrogen) atoms. The van der Waals surface area contributed by atoms with Crippen LogP contribution in [0.4, 0.5) is 0 Å². The average Bonchev–Trinajstić information content (AvgIpc) is 2.32. The zero-order valence-electron chi connectivity index (χ0n) is 11.7. The van der Waals surface area contributed by atoms with Gasteiger partial charge in [0.25, 0.3) is 0 Å². The van der Waals surface area contributed by atoms with Crippen LogP contribution in [0.3, 0.4) is 0 Å². The molecule has 0 bridgehead atoms. The van der Waals surface area contributed by atoms with Gasteiger partial charge in [-0.3, -0.25) is 5.73 Å². The van der Waals surface area contributed by atoms with Gasteiger partial charge in [-0.1, -0.05) is 0 Å². The third-order valence-corrected chi connectivity index (χ3v) is 8.32. The Bertz CT molecular complexity index is 271. The summed E-state index contributed by atoms with van der Waals surface area (Å²) in [5, 5.41) is 27.5. The molecule has 0 saturated carbocycles. The molecular formula is C12H26N2O3P+. The number of aliphatic hydroxyl groups is 2. The van der Waals surface area contributed by atoms with Crippen molar-refractivity contribution < 1.29 is 14.7 Å². The molecule has 0 aliphatic rings. The van der Waals surface area contributed by atoms with Crippen molar-refractivity contribution in [3.63, 3.8) is 0 Å². The Labute approximate surface area is 110 Å². The van der Waals surface area contributed by atoms with Gasteiger partial charge in [0.2, 0.25) is 0 Å². The summed E-state index contributed by atoms with van der Waals surface area (Å²) in [5.41, 5.74) is 6.47. The highest BCUT2D eigenvalue weighted by Gasteiger charge is 2.54. The maximum absolute atomic E-state index is 9.82. The first kappa shape index (κ1) is 17.8. The summed E-state index contributed by atoms with van der Waals surface area (Å²) in [7, 11) is -2.12. The van der Waals surface area contributed by atoms with Gasteiger partial charge in [-0.25, -0.2) is 4.52 Å². The van der Waals surface area contributed by atoms with E-state index in [0.717, 1.165) is 0 Å². The summed E-state index contributed by atoms with van der Waals surface area (Å²) in [6.45, 7) is 8.03. The van der Waals surface area contributed by atoms with Crippen LogP contribution in [-0.2, 0) is 4.52 Å². The molecule has 0 aliphatic heterocycles. The van der Waals surface area contributed by atoms with Crippen LogP contribution in [0.15, 0.2) is 0 Å². The number of nitrogens with zero attached hydrogens (tertiary/aromatic N) is 1. The zero-order chi connectivity index (χ0) is 14.3. The van der Waals surface area contributed by atoms with Crippen LogP contribution >= 0.6 is 7.49 Å². The molecule has 0 spiro atoms. The highest BCUT2D eigenvalue weighted by atomic mass is 31.2. The summed E-state index contributed by atoms with van der Waals surface area (Å²) in [6, 6.07) is 2.04. The molecule has 0 aromatic rings. The van der Waals surface area contributed by atoms with Crippen molar-refractivity contribution in [2.24, 2.45) is 5.73 Å². The van der Waals surface area contributed by atoms with Gasteiger partial charge in [-0.15, -0.1) is 0 Å². The maximum Gasteiger partial charge on any atom is 0.172 e. The van der Waals surface area contributed by atoms with Crippen LogP contribution in [0.1, 0.15) is 34.1 Å². The minimum absolute atomic E-state index is 0.174. The van der Waals surface area contributed by atoms with Gasteiger partial charge in [0.05, 0.1) is 30.4 Å². The number of rotatable bonds is 8. The second-order valence-corrected chi connectivity index (χ2v) is 9.38. The Kier molecular flexibility index (Phi) is 7.93. The fraction of sp³-hybridized carbons (Fsp3) is 0.917. The fourth-order valence-electron chi connectivity index (χ4n) is 2.30. The van der Waals surface area contributed by atoms with Gasteiger partial charge < -0.3 is 10.2 Å². The third kappa shape index (κ3) is 3.88. The van der Waals surface area contributed by atoms with Crippen molar-refractivity contribution in [1.29, 1.82) is 5.26 Å². The lowest BCUT2D eigenvalue weighted by Gasteiger charge is -2.38. The molecule has 0 saturated heterocycles. The predicted molar refractivity (Wildman–Crippen MR) is 74.4 cm³/mol. The van der Waals surface area contributed by atoms with Crippen molar-refractivity contribution in [3.05, 3.63) is 0 Å². The van der Waals surface area contributed by atoms with E-state index in [4.69, 9.17) is 20.6 Å². The second kappa shape index (κ2) is 8.04. The monoisotopic (exact) mass is 277 g/mol. The molecule has 0 aromatic carbocycles. The minimum Gasteiger partial charge on any atom is -0.393 e. The SMILES string of the molecule is CC(C)[P+](OCCC#N)(C(C)C)C(N)C(O)CO. The summed E-state index contributed by atoms with van der Waals surface area (Å²) >= 11 is 0. The van der Waals surface area contributed by atoms with E-state index in [1.807, 2.05) is 33.8 Å². The normalized spacial score (nSPS) is 15.8. The molecule has 5 nitrogen and oxygen atoms in total. The van der Waals surface area contributed by atoms with Crippen molar-refractivity contribution in [1.82, 2.24) is 0 Å². The van der Waals surface area contributed by atoms with Crippen molar-refractivity contribution in [2.75, 3.05) is 13.2 Å². The van der Waals surface area contributed by atoms with Crippen LogP contribution in [-0.4, -0.2) is 46.6 Å². The fourth-order valence-corrected chi connectivity index (χ4v) is 6.67. The lowest BCUT2D eigenvalue weighted by Crippen LogP contribution is -2.44. The highest BCUT2D eigenvalue weighted by molar-refractivity contribution is 7.73. The van der Waals surface area contributed by atoms with Crippen LogP contribution < -0.4 is 5.73 Å². The van der Waals surface area contributed by atoms with E-state index < -0.39 is 19.4 Å². The molecule has 0 fully saturated rings. The number of nitriles is 1. The average molecular weight is 277 g/mol. The molecule has 0 heterocycles. The summed E-state index contributed by atoms with van der Waals surface area (Å²) in [6.07, 6.45) is -0.673. The van der Waals surface area contributed by atoms with Gasteiger partial charge in [-0.2, -0.15) is 5.26 Å². The molecule has 2 atom stereocenters. The Morgan fingerprint density at radius 1 is 1.28 bits per heavy atom.